The summed E-state index contributed by atoms with van der Waals surface area (Å²) in [5.74, 6) is 0.780. The lowest BCUT2D eigenvalue weighted by atomic mass is 9.91. The lowest BCUT2D eigenvalue weighted by Gasteiger charge is -2.36. The SMILES string of the molecule is COc1ccc(C(C)N2CCC(CCC(=O)O)CC2)cc1. The first-order valence-electron chi connectivity index (χ1n) is 7.70. The van der Waals surface area contributed by atoms with E-state index < -0.39 is 5.97 Å². The zero-order valence-corrected chi connectivity index (χ0v) is 12.9. The van der Waals surface area contributed by atoms with Gasteiger partial charge in [-0.25, -0.2) is 0 Å². The van der Waals surface area contributed by atoms with Crippen LogP contribution in [0.3, 0.4) is 0 Å². The summed E-state index contributed by atoms with van der Waals surface area (Å²) in [6.07, 6.45) is 3.33. The molecule has 1 saturated heterocycles. The molecule has 0 aliphatic carbocycles. The number of carboxylic acid groups (broad SMARTS) is 1. The third-order valence-electron chi connectivity index (χ3n) is 4.56. The van der Waals surface area contributed by atoms with Gasteiger partial charge in [-0.2, -0.15) is 0 Å². The quantitative estimate of drug-likeness (QED) is 0.873. The summed E-state index contributed by atoms with van der Waals surface area (Å²) in [5.41, 5.74) is 1.31. The number of hydrogen-bond donors (Lipinski definition) is 1. The van der Waals surface area contributed by atoms with Gasteiger partial charge in [0.2, 0.25) is 0 Å². The predicted octanol–water partition coefficient (Wildman–Crippen LogP) is 3.33. The molecule has 1 aromatic rings. The van der Waals surface area contributed by atoms with Crippen molar-refractivity contribution in [3.05, 3.63) is 29.8 Å². The maximum atomic E-state index is 10.6. The van der Waals surface area contributed by atoms with E-state index in [1.54, 1.807) is 7.11 Å². The van der Waals surface area contributed by atoms with Crippen molar-refractivity contribution in [2.75, 3.05) is 20.2 Å². The molecule has 0 spiro atoms. The van der Waals surface area contributed by atoms with Crippen LogP contribution in [0.15, 0.2) is 24.3 Å². The smallest absolute Gasteiger partial charge is 0.303 e. The fraction of sp³-hybridized carbons (Fsp3) is 0.588. The molecule has 2 rings (SSSR count). The van der Waals surface area contributed by atoms with Gasteiger partial charge in [0.1, 0.15) is 5.75 Å². The van der Waals surface area contributed by atoms with Crippen LogP contribution in [0.2, 0.25) is 0 Å². The summed E-state index contributed by atoms with van der Waals surface area (Å²) in [6.45, 7) is 4.34. The van der Waals surface area contributed by atoms with Gasteiger partial charge in [0, 0.05) is 12.5 Å². The van der Waals surface area contributed by atoms with E-state index in [1.807, 2.05) is 12.1 Å². The van der Waals surface area contributed by atoms with E-state index in [0.717, 1.165) is 38.1 Å². The number of methoxy groups -OCH3 is 1. The topological polar surface area (TPSA) is 49.8 Å². The zero-order chi connectivity index (χ0) is 15.2. The zero-order valence-electron chi connectivity index (χ0n) is 12.9. The van der Waals surface area contributed by atoms with Crippen LogP contribution in [0.1, 0.15) is 44.2 Å². The van der Waals surface area contributed by atoms with Crippen molar-refractivity contribution in [1.29, 1.82) is 0 Å². The van der Waals surface area contributed by atoms with Crippen molar-refractivity contribution in [1.82, 2.24) is 4.90 Å². The van der Waals surface area contributed by atoms with Crippen LogP contribution in [0.25, 0.3) is 0 Å². The van der Waals surface area contributed by atoms with Crippen molar-refractivity contribution in [3.63, 3.8) is 0 Å². The number of hydrogen-bond acceptors (Lipinski definition) is 3. The second-order valence-electron chi connectivity index (χ2n) is 5.86. The summed E-state index contributed by atoms with van der Waals surface area (Å²) in [6, 6.07) is 8.66. The molecule has 1 aliphatic rings. The highest BCUT2D eigenvalue weighted by Crippen LogP contribution is 2.29. The summed E-state index contributed by atoms with van der Waals surface area (Å²) in [7, 11) is 1.68. The van der Waals surface area contributed by atoms with Gasteiger partial charge in [-0.3, -0.25) is 9.69 Å². The largest absolute Gasteiger partial charge is 0.497 e. The van der Waals surface area contributed by atoms with Crippen LogP contribution in [0.5, 0.6) is 5.75 Å². The number of carbonyl (C=O) groups is 1. The number of benzene rings is 1. The van der Waals surface area contributed by atoms with E-state index in [4.69, 9.17) is 9.84 Å². The van der Waals surface area contributed by atoms with Crippen LogP contribution in [0, 0.1) is 5.92 Å². The van der Waals surface area contributed by atoms with E-state index >= 15 is 0 Å². The molecule has 0 radical (unpaired) electrons. The number of aliphatic carboxylic acids is 1. The van der Waals surface area contributed by atoms with E-state index in [-0.39, 0.29) is 0 Å². The van der Waals surface area contributed by atoms with E-state index in [1.165, 1.54) is 5.56 Å². The van der Waals surface area contributed by atoms with Crippen LogP contribution < -0.4 is 4.74 Å². The van der Waals surface area contributed by atoms with Gasteiger partial charge in [0.25, 0.3) is 0 Å². The predicted molar refractivity (Wildman–Crippen MR) is 82.6 cm³/mol. The summed E-state index contributed by atoms with van der Waals surface area (Å²) in [5, 5.41) is 8.76. The highest BCUT2D eigenvalue weighted by molar-refractivity contribution is 5.66. The minimum Gasteiger partial charge on any atom is -0.497 e. The maximum Gasteiger partial charge on any atom is 0.303 e. The highest BCUT2D eigenvalue weighted by atomic mass is 16.5. The molecule has 4 heteroatoms. The monoisotopic (exact) mass is 291 g/mol. The molecule has 0 saturated carbocycles. The number of likely N-dealkylation sites (tertiary alicyclic amines) is 1. The van der Waals surface area contributed by atoms with Crippen LogP contribution in [-0.2, 0) is 4.79 Å². The van der Waals surface area contributed by atoms with Gasteiger partial charge in [-0.1, -0.05) is 12.1 Å². The molecule has 4 nitrogen and oxygen atoms in total. The first kappa shape index (κ1) is 15.8. The minimum absolute atomic E-state index is 0.304. The van der Waals surface area contributed by atoms with Gasteiger partial charge < -0.3 is 9.84 Å². The molecule has 1 unspecified atom stereocenters. The average Bonchev–Trinajstić information content (AvgIpc) is 2.53. The first-order chi connectivity index (χ1) is 10.1. The molecule has 116 valence electrons. The van der Waals surface area contributed by atoms with Crippen LogP contribution in [-0.4, -0.2) is 36.2 Å². The molecule has 1 atom stereocenters. The third-order valence-corrected chi connectivity index (χ3v) is 4.56. The molecule has 1 N–H and O–H groups in total. The van der Waals surface area contributed by atoms with E-state index in [0.29, 0.717) is 18.4 Å². The Kier molecular flexibility index (Phi) is 5.62. The number of carboxylic acids is 1. The lowest BCUT2D eigenvalue weighted by molar-refractivity contribution is -0.137. The first-order valence-corrected chi connectivity index (χ1v) is 7.70. The normalized spacial score (nSPS) is 18.4. The Bertz CT molecular complexity index is 450. The molecule has 0 bridgehead atoms. The molecule has 1 aromatic carbocycles. The highest BCUT2D eigenvalue weighted by Gasteiger charge is 2.23. The second-order valence-corrected chi connectivity index (χ2v) is 5.86. The Morgan fingerprint density at radius 1 is 1.33 bits per heavy atom. The van der Waals surface area contributed by atoms with Crippen molar-refractivity contribution in [3.8, 4) is 5.75 Å². The fourth-order valence-corrected chi connectivity index (χ4v) is 3.05. The lowest BCUT2D eigenvalue weighted by Crippen LogP contribution is -2.35. The van der Waals surface area contributed by atoms with Gasteiger partial charge in [-0.05, 0) is 62.9 Å². The Balaban J connectivity index is 1.84. The molecule has 1 heterocycles. The average molecular weight is 291 g/mol. The second kappa shape index (κ2) is 7.46. The molecule has 0 amide bonds. The molecular weight excluding hydrogens is 266 g/mol. The van der Waals surface area contributed by atoms with E-state index in [2.05, 4.69) is 24.0 Å². The number of nitrogens with zero attached hydrogens (tertiary/aromatic N) is 1. The fourth-order valence-electron chi connectivity index (χ4n) is 3.05. The number of rotatable bonds is 6. The molecule has 0 aromatic heterocycles. The molecule has 1 aliphatic heterocycles. The van der Waals surface area contributed by atoms with Crippen molar-refractivity contribution in [2.45, 2.75) is 38.6 Å². The van der Waals surface area contributed by atoms with Crippen LogP contribution in [0.4, 0.5) is 0 Å². The number of piperidine rings is 1. The molecule has 21 heavy (non-hydrogen) atoms. The standard InChI is InChI=1S/C17H25NO3/c1-13(15-4-6-16(21-2)7-5-15)18-11-9-14(10-12-18)3-8-17(19)20/h4-7,13-14H,3,8-12H2,1-2H3,(H,19,20). The van der Waals surface area contributed by atoms with Crippen molar-refractivity contribution in [2.24, 2.45) is 5.92 Å². The molecular formula is C17H25NO3. The molecule has 1 fully saturated rings. The minimum atomic E-state index is -0.677. The number of ether oxygens (including phenoxy) is 1. The Morgan fingerprint density at radius 2 is 1.95 bits per heavy atom. The summed E-state index contributed by atoms with van der Waals surface area (Å²) >= 11 is 0. The van der Waals surface area contributed by atoms with Gasteiger partial charge >= 0.3 is 5.97 Å². The summed E-state index contributed by atoms with van der Waals surface area (Å²) in [4.78, 5) is 13.1. The van der Waals surface area contributed by atoms with Crippen molar-refractivity contribution >= 4 is 5.97 Å². The Hall–Kier alpha value is -1.55. The Morgan fingerprint density at radius 3 is 2.48 bits per heavy atom. The van der Waals surface area contributed by atoms with Crippen molar-refractivity contribution < 1.29 is 14.6 Å². The Labute approximate surface area is 126 Å². The maximum absolute atomic E-state index is 10.6. The van der Waals surface area contributed by atoms with Gasteiger partial charge in [0.15, 0.2) is 0 Å². The van der Waals surface area contributed by atoms with Gasteiger partial charge in [0.05, 0.1) is 7.11 Å². The van der Waals surface area contributed by atoms with E-state index in [9.17, 15) is 4.79 Å². The third kappa shape index (κ3) is 4.46. The van der Waals surface area contributed by atoms with Crippen LogP contribution >= 0.6 is 0 Å². The van der Waals surface area contributed by atoms with Gasteiger partial charge in [-0.15, -0.1) is 0 Å². The summed E-state index contributed by atoms with van der Waals surface area (Å²) < 4.78 is 5.19.